The standard InChI is InChI=1S/C24H23F3N2O4S2/c1-3-10-29-22(31)20(35-23(29)34)12-15-8-9-18(19(11-15)32-4-2)33-14-21(30)28-17-7-5-6-16(13-17)24(25,26)27/h5-9,11-13H,3-4,10,14H2,1-2H3,(H,28,30)/b20-12-. The van der Waals surface area contributed by atoms with Crippen LogP contribution in [0.1, 0.15) is 31.4 Å². The van der Waals surface area contributed by atoms with Gasteiger partial charge in [0.15, 0.2) is 18.1 Å². The number of carbonyl (C=O) groups excluding carboxylic acids is 2. The molecule has 6 nitrogen and oxygen atoms in total. The number of hydrogen-bond donors (Lipinski definition) is 1. The summed E-state index contributed by atoms with van der Waals surface area (Å²) in [6.07, 6.45) is -2.01. The first-order chi connectivity index (χ1) is 16.6. The van der Waals surface area contributed by atoms with Crippen molar-refractivity contribution in [3.63, 3.8) is 0 Å². The van der Waals surface area contributed by atoms with Gasteiger partial charge in [-0.3, -0.25) is 14.5 Å². The molecule has 0 bridgehead atoms. The monoisotopic (exact) mass is 524 g/mol. The molecule has 1 N–H and O–H groups in total. The molecule has 1 saturated heterocycles. The Hall–Kier alpha value is -3.05. The highest BCUT2D eigenvalue weighted by Crippen LogP contribution is 2.35. The molecule has 0 spiro atoms. The number of thioether (sulfide) groups is 1. The second-order valence-corrected chi connectivity index (χ2v) is 9.06. The van der Waals surface area contributed by atoms with Crippen LogP contribution < -0.4 is 14.8 Å². The highest BCUT2D eigenvalue weighted by molar-refractivity contribution is 8.26. The molecule has 0 radical (unpaired) electrons. The van der Waals surface area contributed by atoms with E-state index in [1.807, 2.05) is 6.92 Å². The molecule has 2 amide bonds. The second-order valence-electron chi connectivity index (χ2n) is 7.39. The highest BCUT2D eigenvalue weighted by atomic mass is 32.2. The van der Waals surface area contributed by atoms with Crippen molar-refractivity contribution < 1.29 is 32.2 Å². The highest BCUT2D eigenvalue weighted by Gasteiger charge is 2.31. The number of rotatable bonds is 9. The third kappa shape index (κ3) is 6.98. The van der Waals surface area contributed by atoms with Crippen LogP contribution in [0.5, 0.6) is 11.5 Å². The number of nitrogens with one attached hydrogen (secondary N) is 1. The molecule has 1 fully saturated rings. The lowest BCUT2D eigenvalue weighted by Crippen LogP contribution is -2.28. The minimum atomic E-state index is -4.51. The minimum Gasteiger partial charge on any atom is -0.490 e. The molecular weight excluding hydrogens is 501 g/mol. The van der Waals surface area contributed by atoms with Gasteiger partial charge in [-0.15, -0.1) is 0 Å². The first kappa shape index (κ1) is 26.6. The second kappa shape index (κ2) is 11.6. The lowest BCUT2D eigenvalue weighted by molar-refractivity contribution is -0.137. The maximum Gasteiger partial charge on any atom is 0.416 e. The van der Waals surface area contributed by atoms with E-state index in [0.717, 1.165) is 18.6 Å². The number of halogens is 3. The summed E-state index contributed by atoms with van der Waals surface area (Å²) in [7, 11) is 0. The van der Waals surface area contributed by atoms with Crippen LogP contribution in [0.4, 0.5) is 18.9 Å². The maximum atomic E-state index is 12.9. The molecule has 3 rings (SSSR count). The Labute approximate surface area is 210 Å². The molecule has 0 aromatic heterocycles. The maximum absolute atomic E-state index is 12.9. The van der Waals surface area contributed by atoms with Gasteiger partial charge in [-0.05, 0) is 55.3 Å². The van der Waals surface area contributed by atoms with Crippen molar-refractivity contribution in [2.24, 2.45) is 0 Å². The summed E-state index contributed by atoms with van der Waals surface area (Å²) in [4.78, 5) is 26.9. The number of amides is 2. The van der Waals surface area contributed by atoms with Crippen LogP contribution in [0.3, 0.4) is 0 Å². The minimum absolute atomic E-state index is 0.00851. The zero-order valence-electron chi connectivity index (χ0n) is 19.0. The summed E-state index contributed by atoms with van der Waals surface area (Å²) in [5, 5.41) is 2.39. The van der Waals surface area contributed by atoms with Crippen molar-refractivity contribution >= 4 is 51.9 Å². The topological polar surface area (TPSA) is 67.9 Å². The fraction of sp³-hybridized carbons (Fsp3) is 0.292. The van der Waals surface area contributed by atoms with Crippen LogP contribution in [0.15, 0.2) is 47.4 Å². The van der Waals surface area contributed by atoms with E-state index in [-0.39, 0.29) is 17.3 Å². The van der Waals surface area contributed by atoms with Gasteiger partial charge in [0.25, 0.3) is 11.8 Å². The van der Waals surface area contributed by atoms with E-state index in [1.54, 1.807) is 36.1 Å². The number of nitrogens with zero attached hydrogens (tertiary/aromatic N) is 1. The molecule has 0 saturated carbocycles. The van der Waals surface area contributed by atoms with Crippen molar-refractivity contribution in [3.05, 3.63) is 58.5 Å². The van der Waals surface area contributed by atoms with Crippen LogP contribution in [-0.4, -0.2) is 40.8 Å². The predicted molar refractivity (Wildman–Crippen MR) is 133 cm³/mol. The molecule has 1 heterocycles. The number of thiocarbonyl (C=S) groups is 1. The van der Waals surface area contributed by atoms with E-state index in [2.05, 4.69) is 5.32 Å². The summed E-state index contributed by atoms with van der Waals surface area (Å²) in [5.74, 6) is -0.138. The normalized spacial score (nSPS) is 15.0. The third-order valence-electron chi connectivity index (χ3n) is 4.72. The molecule has 0 aliphatic carbocycles. The smallest absolute Gasteiger partial charge is 0.416 e. The average molecular weight is 525 g/mol. The van der Waals surface area contributed by atoms with Gasteiger partial charge in [0.1, 0.15) is 4.32 Å². The average Bonchev–Trinajstić information content (AvgIpc) is 3.06. The Kier molecular flexibility index (Phi) is 8.79. The van der Waals surface area contributed by atoms with Crippen molar-refractivity contribution in [2.75, 3.05) is 25.1 Å². The van der Waals surface area contributed by atoms with Gasteiger partial charge in [0.05, 0.1) is 17.1 Å². The SMILES string of the molecule is CCCN1C(=O)/C(=C/c2ccc(OCC(=O)Nc3cccc(C(F)(F)F)c3)c(OCC)c2)SC1=S. The van der Waals surface area contributed by atoms with Crippen LogP contribution in [-0.2, 0) is 15.8 Å². The fourth-order valence-corrected chi connectivity index (χ4v) is 4.49. The molecule has 2 aromatic carbocycles. The Morgan fingerprint density at radius 2 is 1.91 bits per heavy atom. The predicted octanol–water partition coefficient (Wildman–Crippen LogP) is 5.73. The lowest BCUT2D eigenvalue weighted by atomic mass is 10.2. The van der Waals surface area contributed by atoms with Gasteiger partial charge < -0.3 is 14.8 Å². The first-order valence-electron chi connectivity index (χ1n) is 10.7. The number of benzene rings is 2. The summed E-state index contributed by atoms with van der Waals surface area (Å²) >= 11 is 6.52. The molecule has 1 aliphatic rings. The van der Waals surface area contributed by atoms with Crippen molar-refractivity contribution in [3.8, 4) is 11.5 Å². The molecule has 2 aromatic rings. The third-order valence-corrected chi connectivity index (χ3v) is 6.10. The molecule has 186 valence electrons. The van der Waals surface area contributed by atoms with Gasteiger partial charge in [0, 0.05) is 12.2 Å². The molecule has 0 atom stereocenters. The van der Waals surface area contributed by atoms with Gasteiger partial charge in [-0.2, -0.15) is 13.2 Å². The van der Waals surface area contributed by atoms with Crippen molar-refractivity contribution in [1.29, 1.82) is 0 Å². The zero-order valence-corrected chi connectivity index (χ0v) is 20.6. The fourth-order valence-electron chi connectivity index (χ4n) is 3.18. The van der Waals surface area contributed by atoms with Crippen LogP contribution in [0.2, 0.25) is 0 Å². The summed E-state index contributed by atoms with van der Waals surface area (Å²) < 4.78 is 50.3. The molecule has 11 heteroatoms. The van der Waals surface area contributed by atoms with E-state index >= 15 is 0 Å². The first-order valence-corrected chi connectivity index (χ1v) is 12.0. The Morgan fingerprint density at radius 3 is 2.60 bits per heavy atom. The molecule has 1 aliphatic heterocycles. The van der Waals surface area contributed by atoms with Gasteiger partial charge in [-0.1, -0.05) is 43.0 Å². The van der Waals surface area contributed by atoms with E-state index in [9.17, 15) is 22.8 Å². The summed E-state index contributed by atoms with van der Waals surface area (Å²) in [6.45, 7) is 4.20. The van der Waals surface area contributed by atoms with Crippen LogP contribution >= 0.6 is 24.0 Å². The van der Waals surface area contributed by atoms with Crippen molar-refractivity contribution in [1.82, 2.24) is 4.90 Å². The zero-order chi connectivity index (χ0) is 25.6. The number of hydrogen-bond acceptors (Lipinski definition) is 6. The Bertz CT molecular complexity index is 1150. The van der Waals surface area contributed by atoms with E-state index < -0.39 is 24.3 Å². The van der Waals surface area contributed by atoms with Crippen LogP contribution in [0, 0.1) is 0 Å². The Balaban J connectivity index is 1.69. The van der Waals surface area contributed by atoms with E-state index in [1.165, 1.54) is 23.9 Å². The summed E-state index contributed by atoms with van der Waals surface area (Å²) in [6, 6.07) is 9.31. The van der Waals surface area contributed by atoms with Gasteiger partial charge in [-0.25, -0.2) is 0 Å². The van der Waals surface area contributed by atoms with E-state index in [0.29, 0.717) is 33.7 Å². The van der Waals surface area contributed by atoms with Gasteiger partial charge in [0.2, 0.25) is 0 Å². The summed E-state index contributed by atoms with van der Waals surface area (Å²) in [5.41, 5.74) is -0.169. The number of alkyl halides is 3. The molecule has 35 heavy (non-hydrogen) atoms. The quantitative estimate of drug-likeness (QED) is 0.334. The Morgan fingerprint density at radius 1 is 1.14 bits per heavy atom. The van der Waals surface area contributed by atoms with E-state index in [4.69, 9.17) is 21.7 Å². The largest absolute Gasteiger partial charge is 0.490 e. The molecular formula is C24H23F3N2O4S2. The van der Waals surface area contributed by atoms with Crippen LogP contribution in [0.25, 0.3) is 6.08 Å². The number of anilines is 1. The lowest BCUT2D eigenvalue weighted by Gasteiger charge is -2.13. The molecule has 0 unspecified atom stereocenters. The van der Waals surface area contributed by atoms with Gasteiger partial charge >= 0.3 is 6.18 Å². The number of carbonyl (C=O) groups is 2. The van der Waals surface area contributed by atoms with Crippen molar-refractivity contribution in [2.45, 2.75) is 26.4 Å². The number of ether oxygens (including phenoxy) is 2.